The molecule has 2 N–H and O–H groups in total. The lowest BCUT2D eigenvalue weighted by Crippen LogP contribution is -2.42. The monoisotopic (exact) mass is 244 g/mol. The van der Waals surface area contributed by atoms with Gasteiger partial charge in [0, 0.05) is 30.3 Å². The summed E-state index contributed by atoms with van der Waals surface area (Å²) in [7, 11) is 1.71. The van der Waals surface area contributed by atoms with Crippen LogP contribution in [0.4, 0.5) is 0 Å². The van der Waals surface area contributed by atoms with Gasteiger partial charge in [0.2, 0.25) is 0 Å². The highest BCUT2D eigenvalue weighted by atomic mass is 16.6. The second kappa shape index (κ2) is 4.15. The molecular formula is C12H12N4O2. The molecule has 0 spiro atoms. The molecule has 6 nitrogen and oxygen atoms in total. The summed E-state index contributed by atoms with van der Waals surface area (Å²) >= 11 is 0. The van der Waals surface area contributed by atoms with Crippen LogP contribution in [-0.4, -0.2) is 34.0 Å². The zero-order valence-electron chi connectivity index (χ0n) is 9.75. The fraction of sp³-hybridized carbons (Fsp3) is 0.167. The van der Waals surface area contributed by atoms with Gasteiger partial charge < -0.3 is 14.7 Å². The average Bonchev–Trinajstić information content (AvgIpc) is 3.05. The Kier molecular flexibility index (Phi) is 2.49. The van der Waals surface area contributed by atoms with E-state index in [2.05, 4.69) is 15.4 Å². The van der Waals surface area contributed by atoms with E-state index in [9.17, 15) is 4.79 Å². The van der Waals surface area contributed by atoms with Crippen LogP contribution in [0.25, 0.3) is 10.9 Å². The molecule has 6 heteroatoms. The van der Waals surface area contributed by atoms with Gasteiger partial charge in [0.1, 0.15) is 18.1 Å². The number of pyridine rings is 1. The van der Waals surface area contributed by atoms with Gasteiger partial charge in [-0.3, -0.25) is 9.78 Å². The quantitative estimate of drug-likeness (QED) is 0.827. The van der Waals surface area contributed by atoms with Gasteiger partial charge in [-0.15, -0.1) is 5.48 Å². The summed E-state index contributed by atoms with van der Waals surface area (Å²) in [5.41, 5.74) is 4.13. The summed E-state index contributed by atoms with van der Waals surface area (Å²) < 4.78 is 0. The van der Waals surface area contributed by atoms with Crippen LogP contribution in [0.3, 0.4) is 0 Å². The fourth-order valence-corrected chi connectivity index (χ4v) is 1.87. The Morgan fingerprint density at radius 2 is 2.44 bits per heavy atom. The number of amides is 1. The third-order valence-electron chi connectivity index (χ3n) is 2.91. The van der Waals surface area contributed by atoms with Gasteiger partial charge in [-0.1, -0.05) is 0 Å². The first-order chi connectivity index (χ1) is 8.75. The fourth-order valence-electron chi connectivity index (χ4n) is 1.87. The second-order valence-corrected chi connectivity index (χ2v) is 4.07. The van der Waals surface area contributed by atoms with Crippen molar-refractivity contribution in [2.75, 3.05) is 7.05 Å². The van der Waals surface area contributed by atoms with Crippen LogP contribution in [0, 0.1) is 0 Å². The van der Waals surface area contributed by atoms with E-state index < -0.39 is 0 Å². The first kappa shape index (κ1) is 10.8. The maximum Gasteiger partial charge on any atom is 0.271 e. The van der Waals surface area contributed by atoms with E-state index >= 15 is 0 Å². The van der Waals surface area contributed by atoms with Crippen molar-refractivity contribution in [2.24, 2.45) is 0 Å². The van der Waals surface area contributed by atoms with E-state index in [4.69, 9.17) is 4.84 Å². The number of nitrogens with zero attached hydrogens (tertiary/aromatic N) is 2. The van der Waals surface area contributed by atoms with Crippen molar-refractivity contribution >= 4 is 16.8 Å². The lowest BCUT2D eigenvalue weighted by atomic mass is 10.3. The molecule has 18 heavy (non-hydrogen) atoms. The number of hydroxylamine groups is 1. The standard InChI is InChI=1S/C12H12N4O2/c1-16(11-3-5-18-15-11)12(17)10-6-8-7-13-4-2-9(8)14-10/h2-7,11,14-15H,1H3. The Labute approximate surface area is 103 Å². The Morgan fingerprint density at radius 3 is 3.17 bits per heavy atom. The van der Waals surface area contributed by atoms with Crippen molar-refractivity contribution in [3.05, 3.63) is 42.6 Å². The van der Waals surface area contributed by atoms with Gasteiger partial charge in [-0.25, -0.2) is 0 Å². The third kappa shape index (κ3) is 1.72. The van der Waals surface area contributed by atoms with Crippen LogP contribution >= 0.6 is 0 Å². The minimum atomic E-state index is -0.248. The summed E-state index contributed by atoms with van der Waals surface area (Å²) in [6, 6.07) is 3.63. The molecule has 1 unspecified atom stereocenters. The molecule has 0 aliphatic carbocycles. The molecule has 3 heterocycles. The molecule has 0 saturated carbocycles. The average molecular weight is 244 g/mol. The first-order valence-corrected chi connectivity index (χ1v) is 5.53. The molecule has 92 valence electrons. The zero-order chi connectivity index (χ0) is 12.5. The molecule has 0 aromatic carbocycles. The molecule has 2 aromatic rings. The summed E-state index contributed by atoms with van der Waals surface area (Å²) in [5, 5.41) is 0.917. The molecule has 3 rings (SSSR count). The molecule has 1 aliphatic heterocycles. The molecule has 1 atom stereocenters. The number of fused-ring (bicyclic) bond motifs is 1. The minimum absolute atomic E-state index is 0.112. The van der Waals surface area contributed by atoms with Crippen LogP contribution in [0.15, 0.2) is 36.9 Å². The van der Waals surface area contributed by atoms with Crippen molar-refractivity contribution in [3.8, 4) is 0 Å². The van der Waals surface area contributed by atoms with E-state index in [1.54, 1.807) is 36.5 Å². The number of hydrogen-bond acceptors (Lipinski definition) is 4. The minimum Gasteiger partial charge on any atom is -0.414 e. The number of aromatic nitrogens is 2. The van der Waals surface area contributed by atoms with E-state index in [-0.39, 0.29) is 12.1 Å². The lowest BCUT2D eigenvalue weighted by molar-refractivity contribution is 0.0543. The highest BCUT2D eigenvalue weighted by molar-refractivity contribution is 5.97. The van der Waals surface area contributed by atoms with Crippen LogP contribution in [0.5, 0.6) is 0 Å². The predicted octanol–water partition coefficient (Wildman–Crippen LogP) is 1.01. The molecular weight excluding hydrogens is 232 g/mol. The highest BCUT2D eigenvalue weighted by Gasteiger charge is 2.22. The van der Waals surface area contributed by atoms with Crippen LogP contribution in [0.2, 0.25) is 0 Å². The van der Waals surface area contributed by atoms with Gasteiger partial charge in [0.15, 0.2) is 0 Å². The number of carbonyl (C=O) groups is 1. The molecule has 0 radical (unpaired) electrons. The van der Waals surface area contributed by atoms with Crippen molar-refractivity contribution in [2.45, 2.75) is 6.17 Å². The van der Waals surface area contributed by atoms with Crippen LogP contribution in [-0.2, 0) is 4.84 Å². The molecule has 0 fully saturated rings. The number of aromatic amines is 1. The molecule has 0 bridgehead atoms. The second-order valence-electron chi connectivity index (χ2n) is 4.07. The summed E-state index contributed by atoms with van der Waals surface area (Å²) in [6.07, 6.45) is 6.44. The molecule has 1 amide bonds. The van der Waals surface area contributed by atoms with E-state index in [0.717, 1.165) is 10.9 Å². The van der Waals surface area contributed by atoms with Crippen molar-refractivity contribution < 1.29 is 9.63 Å². The highest BCUT2D eigenvalue weighted by Crippen LogP contribution is 2.15. The Bertz CT molecular complexity index is 586. The lowest BCUT2D eigenvalue weighted by Gasteiger charge is -2.21. The van der Waals surface area contributed by atoms with Gasteiger partial charge in [-0.2, -0.15) is 0 Å². The van der Waals surface area contributed by atoms with Crippen LogP contribution in [0.1, 0.15) is 10.5 Å². The number of nitrogens with one attached hydrogen (secondary N) is 2. The molecule has 1 aliphatic rings. The van der Waals surface area contributed by atoms with Crippen LogP contribution < -0.4 is 5.48 Å². The van der Waals surface area contributed by atoms with Gasteiger partial charge in [-0.05, 0) is 18.2 Å². The third-order valence-corrected chi connectivity index (χ3v) is 2.91. The number of likely N-dealkylation sites (N-methyl/N-ethyl adjacent to an activating group) is 1. The first-order valence-electron chi connectivity index (χ1n) is 5.53. The molecule has 2 aromatic heterocycles. The Hall–Kier alpha value is -2.34. The summed E-state index contributed by atoms with van der Waals surface area (Å²) in [6.45, 7) is 0. The van der Waals surface area contributed by atoms with Gasteiger partial charge >= 0.3 is 0 Å². The van der Waals surface area contributed by atoms with E-state index in [1.165, 1.54) is 6.26 Å². The van der Waals surface area contributed by atoms with Crippen molar-refractivity contribution in [1.82, 2.24) is 20.3 Å². The topological polar surface area (TPSA) is 70.2 Å². The number of rotatable bonds is 2. The maximum atomic E-state index is 12.2. The maximum absolute atomic E-state index is 12.2. The number of hydrogen-bond donors (Lipinski definition) is 2. The number of H-pyrrole nitrogens is 1. The summed E-state index contributed by atoms with van der Waals surface area (Å²) in [4.78, 5) is 25.8. The zero-order valence-corrected chi connectivity index (χ0v) is 9.75. The number of carbonyl (C=O) groups excluding carboxylic acids is 1. The van der Waals surface area contributed by atoms with Crippen molar-refractivity contribution in [3.63, 3.8) is 0 Å². The SMILES string of the molecule is CN(C(=O)c1cc2cnccc2[nH]1)C1C=CON1. The smallest absolute Gasteiger partial charge is 0.271 e. The van der Waals surface area contributed by atoms with E-state index in [0.29, 0.717) is 5.69 Å². The normalized spacial score (nSPS) is 17.9. The Morgan fingerprint density at radius 1 is 1.56 bits per heavy atom. The summed E-state index contributed by atoms with van der Waals surface area (Å²) in [5.74, 6) is -0.112. The predicted molar refractivity (Wildman–Crippen MR) is 65.3 cm³/mol. The Balaban J connectivity index is 1.89. The van der Waals surface area contributed by atoms with Gasteiger partial charge in [0.25, 0.3) is 5.91 Å². The van der Waals surface area contributed by atoms with Gasteiger partial charge in [0.05, 0.1) is 0 Å². The van der Waals surface area contributed by atoms with Crippen molar-refractivity contribution in [1.29, 1.82) is 0 Å². The van der Waals surface area contributed by atoms with E-state index in [1.807, 2.05) is 6.07 Å². The molecule has 0 saturated heterocycles. The largest absolute Gasteiger partial charge is 0.414 e.